The fourth-order valence-electron chi connectivity index (χ4n) is 1.74. The van der Waals surface area contributed by atoms with Gasteiger partial charge in [0, 0.05) is 19.9 Å². The zero-order valence-corrected chi connectivity index (χ0v) is 12.9. The number of aromatic nitrogens is 6. The zero-order chi connectivity index (χ0) is 15.2. The van der Waals surface area contributed by atoms with Gasteiger partial charge in [-0.15, -0.1) is 5.10 Å². The smallest absolute Gasteiger partial charge is 0.323 e. The molecule has 2 aromatic rings. The third-order valence-electron chi connectivity index (χ3n) is 2.80. The standard InChI is InChI=1S/C13H21N7O/c1-5-8-21-13-17-11(14-4)16-12(18-13)20-10(7-3)15-9(6-2)19-20/h5-8H2,1-4H3,(H,14,16,17,18). The summed E-state index contributed by atoms with van der Waals surface area (Å²) in [7, 11) is 1.75. The number of nitrogens with one attached hydrogen (secondary N) is 1. The monoisotopic (exact) mass is 291 g/mol. The molecule has 0 fully saturated rings. The Balaban J connectivity index is 2.44. The lowest BCUT2D eigenvalue weighted by atomic mass is 10.4. The number of hydrogen-bond donors (Lipinski definition) is 1. The van der Waals surface area contributed by atoms with Crippen molar-refractivity contribution in [1.29, 1.82) is 0 Å². The number of hydrogen-bond acceptors (Lipinski definition) is 7. The highest BCUT2D eigenvalue weighted by Crippen LogP contribution is 2.13. The summed E-state index contributed by atoms with van der Waals surface area (Å²) < 4.78 is 7.16. The number of anilines is 1. The van der Waals surface area contributed by atoms with E-state index in [1.807, 2.05) is 20.8 Å². The number of rotatable bonds is 7. The normalized spacial score (nSPS) is 10.7. The highest BCUT2D eigenvalue weighted by Gasteiger charge is 2.14. The maximum absolute atomic E-state index is 5.50. The number of ether oxygens (including phenoxy) is 1. The highest BCUT2D eigenvalue weighted by molar-refractivity contribution is 5.29. The van der Waals surface area contributed by atoms with Gasteiger partial charge in [0.25, 0.3) is 5.95 Å². The lowest BCUT2D eigenvalue weighted by Gasteiger charge is -2.08. The summed E-state index contributed by atoms with van der Waals surface area (Å²) in [4.78, 5) is 17.3. The van der Waals surface area contributed by atoms with Gasteiger partial charge >= 0.3 is 6.01 Å². The average Bonchev–Trinajstić information content (AvgIpc) is 2.96. The highest BCUT2D eigenvalue weighted by atomic mass is 16.5. The molecule has 0 bridgehead atoms. The van der Waals surface area contributed by atoms with Crippen molar-refractivity contribution >= 4 is 5.95 Å². The fraction of sp³-hybridized carbons (Fsp3) is 0.615. The summed E-state index contributed by atoms with van der Waals surface area (Å²) in [5.41, 5.74) is 0. The van der Waals surface area contributed by atoms with E-state index in [1.54, 1.807) is 11.7 Å². The van der Waals surface area contributed by atoms with E-state index in [1.165, 1.54) is 0 Å². The molecule has 0 radical (unpaired) electrons. The Morgan fingerprint density at radius 1 is 1.05 bits per heavy atom. The van der Waals surface area contributed by atoms with E-state index in [4.69, 9.17) is 4.74 Å². The molecule has 8 heteroatoms. The average molecular weight is 291 g/mol. The Labute approximate surface area is 124 Å². The van der Waals surface area contributed by atoms with Crippen LogP contribution in [0.3, 0.4) is 0 Å². The Morgan fingerprint density at radius 2 is 1.86 bits per heavy atom. The molecule has 0 amide bonds. The molecule has 2 aromatic heterocycles. The molecule has 0 aliphatic rings. The first-order chi connectivity index (χ1) is 10.2. The lowest BCUT2D eigenvalue weighted by Crippen LogP contribution is -2.12. The van der Waals surface area contributed by atoms with Crippen molar-refractivity contribution in [2.24, 2.45) is 0 Å². The van der Waals surface area contributed by atoms with E-state index in [-0.39, 0.29) is 0 Å². The molecule has 0 aromatic carbocycles. The molecule has 0 aliphatic heterocycles. The van der Waals surface area contributed by atoms with Crippen molar-refractivity contribution in [3.8, 4) is 12.0 Å². The molecule has 0 saturated carbocycles. The summed E-state index contributed by atoms with van der Waals surface area (Å²) in [6.45, 7) is 6.63. The van der Waals surface area contributed by atoms with Crippen LogP contribution in [0.5, 0.6) is 6.01 Å². The van der Waals surface area contributed by atoms with Crippen molar-refractivity contribution < 1.29 is 4.74 Å². The SMILES string of the molecule is CCCOc1nc(NC)nc(-n2nc(CC)nc2CC)n1. The van der Waals surface area contributed by atoms with E-state index >= 15 is 0 Å². The van der Waals surface area contributed by atoms with E-state index in [0.29, 0.717) is 24.5 Å². The van der Waals surface area contributed by atoms with Gasteiger partial charge in [0.2, 0.25) is 5.95 Å². The van der Waals surface area contributed by atoms with Gasteiger partial charge in [-0.3, -0.25) is 0 Å². The zero-order valence-electron chi connectivity index (χ0n) is 12.9. The van der Waals surface area contributed by atoms with Crippen molar-refractivity contribution in [2.75, 3.05) is 19.0 Å². The van der Waals surface area contributed by atoms with E-state index < -0.39 is 0 Å². The van der Waals surface area contributed by atoms with Crippen LogP contribution < -0.4 is 10.1 Å². The Morgan fingerprint density at radius 3 is 2.48 bits per heavy atom. The van der Waals surface area contributed by atoms with Gasteiger partial charge in [-0.05, 0) is 6.42 Å². The molecule has 21 heavy (non-hydrogen) atoms. The van der Waals surface area contributed by atoms with E-state index in [9.17, 15) is 0 Å². The van der Waals surface area contributed by atoms with Crippen molar-refractivity contribution in [3.63, 3.8) is 0 Å². The van der Waals surface area contributed by atoms with Crippen LogP contribution >= 0.6 is 0 Å². The largest absolute Gasteiger partial charge is 0.463 e. The summed E-state index contributed by atoms with van der Waals surface area (Å²) in [5.74, 6) is 2.46. The first-order valence-corrected chi connectivity index (χ1v) is 7.23. The lowest BCUT2D eigenvalue weighted by molar-refractivity contribution is 0.291. The second kappa shape index (κ2) is 6.96. The fourth-order valence-corrected chi connectivity index (χ4v) is 1.74. The first-order valence-electron chi connectivity index (χ1n) is 7.23. The van der Waals surface area contributed by atoms with Gasteiger partial charge in [0.15, 0.2) is 5.82 Å². The molecule has 1 N–H and O–H groups in total. The third-order valence-corrected chi connectivity index (χ3v) is 2.80. The molecule has 2 heterocycles. The molecule has 8 nitrogen and oxygen atoms in total. The second-order valence-corrected chi connectivity index (χ2v) is 4.40. The van der Waals surface area contributed by atoms with Crippen LogP contribution in [0.2, 0.25) is 0 Å². The topological polar surface area (TPSA) is 90.6 Å². The van der Waals surface area contributed by atoms with Crippen LogP contribution in [0.4, 0.5) is 5.95 Å². The Kier molecular flexibility index (Phi) is 5.02. The number of aryl methyl sites for hydroxylation is 2. The summed E-state index contributed by atoms with van der Waals surface area (Å²) >= 11 is 0. The van der Waals surface area contributed by atoms with Crippen LogP contribution in [0.15, 0.2) is 0 Å². The van der Waals surface area contributed by atoms with Crippen LogP contribution in [-0.4, -0.2) is 43.4 Å². The molecule has 0 spiro atoms. The molecule has 114 valence electrons. The van der Waals surface area contributed by atoms with Gasteiger partial charge in [0.05, 0.1) is 6.61 Å². The predicted molar refractivity (Wildman–Crippen MR) is 78.8 cm³/mol. The molecular formula is C13H21N7O. The minimum atomic E-state index is 0.293. The van der Waals surface area contributed by atoms with Gasteiger partial charge in [-0.1, -0.05) is 20.8 Å². The summed E-state index contributed by atoms with van der Waals surface area (Å²) in [5, 5.41) is 7.34. The van der Waals surface area contributed by atoms with E-state index in [0.717, 1.165) is 30.9 Å². The maximum atomic E-state index is 5.50. The molecule has 0 saturated heterocycles. The van der Waals surface area contributed by atoms with Gasteiger partial charge in [0.1, 0.15) is 5.82 Å². The summed E-state index contributed by atoms with van der Waals surface area (Å²) in [6, 6.07) is 0.293. The molecule has 0 aliphatic carbocycles. The summed E-state index contributed by atoms with van der Waals surface area (Å²) in [6.07, 6.45) is 2.40. The van der Waals surface area contributed by atoms with Crippen LogP contribution in [0, 0.1) is 0 Å². The molecule has 0 atom stereocenters. The second-order valence-electron chi connectivity index (χ2n) is 4.40. The van der Waals surface area contributed by atoms with Gasteiger partial charge in [-0.25, -0.2) is 4.98 Å². The third kappa shape index (κ3) is 3.45. The van der Waals surface area contributed by atoms with Crippen LogP contribution in [0.25, 0.3) is 5.95 Å². The number of nitrogens with zero attached hydrogens (tertiary/aromatic N) is 6. The Hall–Kier alpha value is -2.25. The Bertz CT molecular complexity index is 596. The van der Waals surface area contributed by atoms with Crippen molar-refractivity contribution in [2.45, 2.75) is 40.0 Å². The predicted octanol–water partition coefficient (Wildman–Crippen LogP) is 1.41. The first kappa shape index (κ1) is 15.1. The maximum Gasteiger partial charge on any atom is 0.323 e. The van der Waals surface area contributed by atoms with Gasteiger partial charge < -0.3 is 10.1 Å². The molecular weight excluding hydrogens is 270 g/mol. The van der Waals surface area contributed by atoms with Crippen LogP contribution in [-0.2, 0) is 12.8 Å². The minimum absolute atomic E-state index is 0.293. The minimum Gasteiger partial charge on any atom is -0.463 e. The van der Waals surface area contributed by atoms with Crippen LogP contribution in [0.1, 0.15) is 38.8 Å². The molecule has 0 unspecified atom stereocenters. The van der Waals surface area contributed by atoms with Gasteiger partial charge in [-0.2, -0.15) is 19.6 Å². The van der Waals surface area contributed by atoms with E-state index in [2.05, 4.69) is 30.4 Å². The van der Waals surface area contributed by atoms with Crippen molar-refractivity contribution in [1.82, 2.24) is 29.7 Å². The molecule has 2 rings (SSSR count). The van der Waals surface area contributed by atoms with Crippen molar-refractivity contribution in [3.05, 3.63) is 11.6 Å². The quantitative estimate of drug-likeness (QED) is 0.824.